The highest BCUT2D eigenvalue weighted by Gasteiger charge is 2.50. The predicted molar refractivity (Wildman–Crippen MR) is 139 cm³/mol. The molecule has 1 amide bonds. The first kappa shape index (κ1) is 32.4. The van der Waals surface area contributed by atoms with Crippen LogP contribution in [-0.2, 0) is 32.0 Å². The van der Waals surface area contributed by atoms with E-state index in [1.54, 1.807) is 0 Å². The molecule has 10 atom stereocenters. The molecule has 0 spiro atoms. The van der Waals surface area contributed by atoms with Crippen molar-refractivity contribution in [1.29, 1.82) is 0 Å². The molecule has 5 heterocycles. The number of aromatic nitrogens is 5. The van der Waals surface area contributed by atoms with Crippen LogP contribution in [0.25, 0.3) is 11.2 Å². The Hall–Kier alpha value is -3.01. The van der Waals surface area contributed by atoms with E-state index in [0.29, 0.717) is 0 Å². The summed E-state index contributed by atoms with van der Waals surface area (Å²) in [4.78, 5) is 43.3. The molecule has 44 heavy (non-hydrogen) atoms. The van der Waals surface area contributed by atoms with Crippen molar-refractivity contribution in [3.05, 3.63) is 42.7 Å². The van der Waals surface area contributed by atoms with Crippen LogP contribution < -0.4 is 16.0 Å². The van der Waals surface area contributed by atoms with Gasteiger partial charge >= 0.3 is 15.6 Å². The summed E-state index contributed by atoms with van der Waals surface area (Å²) in [7, 11) is -10.7. The lowest BCUT2D eigenvalue weighted by molar-refractivity contribution is -0.765. The second-order valence-electron chi connectivity index (χ2n) is 9.69. The molecule has 2 fully saturated rings. The van der Waals surface area contributed by atoms with Gasteiger partial charge in [0.15, 0.2) is 36.2 Å². The van der Waals surface area contributed by atoms with Gasteiger partial charge in [0.25, 0.3) is 12.1 Å². The summed E-state index contributed by atoms with van der Waals surface area (Å²) >= 11 is 0. The van der Waals surface area contributed by atoms with E-state index in [0.717, 1.165) is 6.33 Å². The third-order valence-electron chi connectivity index (χ3n) is 6.75. The number of phosphoric ester groups is 2. The number of amides is 1. The minimum Gasteiger partial charge on any atom is -0.387 e. The summed E-state index contributed by atoms with van der Waals surface area (Å²) in [6, 6.07) is 2.83. The Labute approximate surface area is 246 Å². The zero-order valence-electron chi connectivity index (χ0n) is 22.2. The van der Waals surface area contributed by atoms with Crippen molar-refractivity contribution < 1.29 is 71.5 Å². The number of ether oxygens (including phenoxy) is 2. The van der Waals surface area contributed by atoms with Crippen LogP contribution in [0.15, 0.2) is 37.2 Å². The van der Waals surface area contributed by atoms with Gasteiger partial charge in [-0.05, 0) is 6.07 Å². The van der Waals surface area contributed by atoms with Gasteiger partial charge in [-0.2, -0.15) is 8.88 Å². The van der Waals surface area contributed by atoms with E-state index in [2.05, 4.69) is 23.8 Å². The minimum absolute atomic E-state index is 0.0505. The van der Waals surface area contributed by atoms with Gasteiger partial charge in [0.05, 0.1) is 19.5 Å². The summed E-state index contributed by atoms with van der Waals surface area (Å²) in [5.41, 5.74) is 11.4. The fourth-order valence-corrected chi connectivity index (χ4v) is 6.67. The van der Waals surface area contributed by atoms with Crippen molar-refractivity contribution in [2.75, 3.05) is 18.9 Å². The summed E-state index contributed by atoms with van der Waals surface area (Å²) in [6.45, 7) is -1.80. The molecule has 2 saturated heterocycles. The molecule has 3 aromatic rings. The van der Waals surface area contributed by atoms with Crippen molar-refractivity contribution in [3.63, 3.8) is 0 Å². The number of primary amides is 1. The molecular formula is C21H28N7O14P2+. The van der Waals surface area contributed by atoms with Gasteiger partial charge in [0.2, 0.25) is 0 Å². The maximum atomic E-state index is 12.4. The monoisotopic (exact) mass is 664 g/mol. The van der Waals surface area contributed by atoms with Crippen LogP contribution >= 0.6 is 15.6 Å². The molecular weight excluding hydrogens is 636 g/mol. The molecule has 21 nitrogen and oxygen atoms in total. The van der Waals surface area contributed by atoms with Crippen LogP contribution in [0, 0.1) is 0 Å². The molecule has 0 aliphatic carbocycles. The van der Waals surface area contributed by atoms with Crippen LogP contribution in [0.1, 0.15) is 22.8 Å². The summed E-state index contributed by atoms with van der Waals surface area (Å²) in [5.74, 6) is -0.714. The van der Waals surface area contributed by atoms with Crippen LogP contribution in [-0.4, -0.2) is 105 Å². The number of imidazole rings is 1. The number of carbonyl (C=O) groups excluding carboxylic acids is 1. The van der Waals surface area contributed by atoms with Gasteiger partial charge in [-0.3, -0.25) is 18.4 Å². The standard InChI is InChI=1S/C21H27N7O14P2/c22-17-12-19(25-7-24-17)28(8-26-12)21-16(32)14(30)11(41-21)6-39-44(36,37)42-43(34,35)38-5-10-13(29)15(31)20(40-10)27-3-1-2-9(4-27)18(23)33/h1-4,7-8,10-11,13-16,20-21,29-32H,5-6H2,(H5-,22,23,24,25,33,34,35,36,37)/p+1/t10-,11+,13+,14+,15+,16+,20+,21+/m0/s1. The Morgan fingerprint density at radius 3 is 2.27 bits per heavy atom. The molecule has 3 aromatic heterocycles. The van der Waals surface area contributed by atoms with Crippen molar-refractivity contribution in [3.8, 4) is 0 Å². The molecule has 2 aliphatic rings. The minimum atomic E-state index is -5.37. The van der Waals surface area contributed by atoms with Crippen LogP contribution in [0.3, 0.4) is 0 Å². The first-order chi connectivity index (χ1) is 20.7. The van der Waals surface area contributed by atoms with E-state index in [1.807, 2.05) is 0 Å². The van der Waals surface area contributed by atoms with E-state index in [1.165, 1.54) is 40.0 Å². The first-order valence-electron chi connectivity index (χ1n) is 12.6. The second kappa shape index (κ2) is 12.4. The van der Waals surface area contributed by atoms with Crippen molar-refractivity contribution in [2.45, 2.75) is 49.1 Å². The predicted octanol–water partition coefficient (Wildman–Crippen LogP) is -3.02. The van der Waals surface area contributed by atoms with Gasteiger partial charge in [-0.15, -0.1) is 0 Å². The summed E-state index contributed by atoms with van der Waals surface area (Å²) in [5, 5.41) is 41.6. The molecule has 10 N–H and O–H groups in total. The first-order valence-corrected chi connectivity index (χ1v) is 15.6. The van der Waals surface area contributed by atoms with Gasteiger partial charge in [-0.1, -0.05) is 0 Å². The number of anilines is 1. The van der Waals surface area contributed by atoms with E-state index in [4.69, 9.17) is 25.5 Å². The number of phosphoric acid groups is 2. The highest BCUT2D eigenvalue weighted by Crippen LogP contribution is 2.60. The van der Waals surface area contributed by atoms with Gasteiger partial charge < -0.3 is 51.2 Å². The number of carbonyl (C=O) groups is 1. The van der Waals surface area contributed by atoms with Crippen LogP contribution in [0.4, 0.5) is 5.82 Å². The smallest absolute Gasteiger partial charge is 0.387 e. The molecule has 0 radical (unpaired) electrons. The van der Waals surface area contributed by atoms with E-state index in [9.17, 15) is 44.1 Å². The molecule has 2 unspecified atom stereocenters. The Bertz CT molecular complexity index is 1630. The quantitative estimate of drug-likeness (QED) is 0.0747. The van der Waals surface area contributed by atoms with E-state index >= 15 is 0 Å². The number of aliphatic hydroxyl groups is 4. The van der Waals surface area contributed by atoms with Gasteiger partial charge in [0, 0.05) is 6.07 Å². The Morgan fingerprint density at radius 2 is 1.61 bits per heavy atom. The van der Waals surface area contributed by atoms with Gasteiger partial charge in [0.1, 0.15) is 47.9 Å². The van der Waals surface area contributed by atoms with Crippen LogP contribution in [0.5, 0.6) is 0 Å². The Kier molecular flexibility index (Phi) is 9.13. The normalized spacial score (nSPS) is 31.6. The number of nitrogens with zero attached hydrogens (tertiary/aromatic N) is 5. The molecule has 0 saturated carbocycles. The average molecular weight is 664 g/mol. The lowest BCUT2D eigenvalue weighted by Crippen LogP contribution is -2.46. The number of hydrogen-bond donors (Lipinski definition) is 8. The number of nitrogens with two attached hydrogens (primary N) is 2. The molecule has 5 rings (SSSR count). The number of fused-ring (bicyclic) bond motifs is 1. The van der Waals surface area contributed by atoms with E-state index < -0.39 is 83.8 Å². The largest absolute Gasteiger partial charge is 0.481 e. The van der Waals surface area contributed by atoms with Crippen molar-refractivity contribution in [2.24, 2.45) is 5.73 Å². The lowest BCUT2D eigenvalue weighted by atomic mass is 10.1. The topological polar surface area (TPSA) is 318 Å². The molecule has 0 bridgehead atoms. The highest BCUT2D eigenvalue weighted by molar-refractivity contribution is 7.61. The number of nitrogen functional groups attached to an aromatic ring is 1. The highest BCUT2D eigenvalue weighted by atomic mass is 31.3. The summed E-state index contributed by atoms with van der Waals surface area (Å²) in [6.07, 6.45) is -6.85. The van der Waals surface area contributed by atoms with Crippen molar-refractivity contribution in [1.82, 2.24) is 19.5 Å². The molecule has 23 heteroatoms. The fraction of sp³-hybridized carbons (Fsp3) is 0.476. The van der Waals surface area contributed by atoms with E-state index in [-0.39, 0.29) is 22.5 Å². The maximum absolute atomic E-state index is 12.4. The summed E-state index contributed by atoms with van der Waals surface area (Å²) < 4.78 is 52.0. The molecule has 0 aromatic carbocycles. The number of rotatable bonds is 11. The Morgan fingerprint density at radius 1 is 0.977 bits per heavy atom. The third-order valence-corrected chi connectivity index (χ3v) is 9.35. The molecule has 2 aliphatic heterocycles. The third kappa shape index (κ3) is 6.65. The maximum Gasteiger partial charge on any atom is 0.481 e. The zero-order chi connectivity index (χ0) is 32.0. The SMILES string of the molecule is NC(=O)c1ccc[n+]([C@@H]2O[C@@H](COP(=O)(O)OP(=O)(O)OC[C@H]3O[C@@H](n4cnc5c(N)ncnc54)[C@H](O)[C@@H]3O)[C@@H](O)[C@H]2O)c1. The average Bonchev–Trinajstić information content (AvgIpc) is 3.61. The van der Waals surface area contributed by atoms with Gasteiger partial charge in [-0.25, -0.2) is 24.1 Å². The van der Waals surface area contributed by atoms with Crippen LogP contribution in [0.2, 0.25) is 0 Å². The molecule has 240 valence electrons. The number of hydrogen-bond acceptors (Lipinski definition) is 16. The Balaban J connectivity index is 1.16. The zero-order valence-corrected chi connectivity index (χ0v) is 24.0. The fourth-order valence-electron chi connectivity index (χ4n) is 4.58. The number of aliphatic hydroxyl groups excluding tert-OH is 4. The second-order valence-corrected chi connectivity index (χ2v) is 12.7. The van der Waals surface area contributed by atoms with Crippen molar-refractivity contribution >= 4 is 38.5 Å². The lowest BCUT2D eigenvalue weighted by Gasteiger charge is -2.20. The number of pyridine rings is 1.